The zero-order valence-corrected chi connectivity index (χ0v) is 12.6. The lowest BCUT2D eigenvalue weighted by Crippen LogP contribution is -2.46. The molecule has 0 aliphatic rings. The summed E-state index contributed by atoms with van der Waals surface area (Å²) in [5.74, 6) is -1.24. The maximum atomic E-state index is 12.1. The molecule has 0 fully saturated rings. The summed E-state index contributed by atoms with van der Waals surface area (Å²) < 4.78 is 0. The minimum atomic E-state index is -1.21. The third kappa shape index (κ3) is 3.83. The van der Waals surface area contributed by atoms with Gasteiger partial charge in [-0.3, -0.25) is 9.59 Å². The minimum Gasteiger partial charge on any atom is -0.481 e. The maximum Gasteiger partial charge on any atom is 0.314 e. The Morgan fingerprint density at radius 1 is 1.15 bits per heavy atom. The van der Waals surface area contributed by atoms with E-state index in [0.717, 1.165) is 6.42 Å². The molecule has 0 aliphatic heterocycles. The fourth-order valence-electron chi connectivity index (χ4n) is 1.94. The number of rotatable bonds is 6. The highest BCUT2D eigenvalue weighted by atomic mass is 16.4. The number of hydrogen-bond donors (Lipinski definition) is 2. The third-order valence-corrected chi connectivity index (χ3v) is 3.76. The van der Waals surface area contributed by atoms with Crippen LogP contribution >= 0.6 is 0 Å². The van der Waals surface area contributed by atoms with E-state index in [1.54, 1.807) is 31.2 Å². The van der Waals surface area contributed by atoms with E-state index in [0.29, 0.717) is 5.56 Å². The van der Waals surface area contributed by atoms with Gasteiger partial charge < -0.3 is 10.4 Å². The normalized spacial score (nSPS) is 14.4. The van der Waals surface area contributed by atoms with E-state index < -0.39 is 11.4 Å². The van der Waals surface area contributed by atoms with Gasteiger partial charge in [-0.15, -0.1) is 0 Å². The van der Waals surface area contributed by atoms with E-state index in [-0.39, 0.29) is 17.9 Å². The average molecular weight is 277 g/mol. The van der Waals surface area contributed by atoms with Crippen molar-refractivity contribution in [2.75, 3.05) is 0 Å². The standard InChI is InChI=1S/C16H23NO3/c1-5-15(2,3)17-13(18)11-16(4,14(19)20)12-9-7-6-8-10-12/h6-10H,5,11H2,1-4H3,(H,17,18)(H,19,20). The Hall–Kier alpha value is -1.84. The molecule has 0 radical (unpaired) electrons. The Labute approximate surface area is 120 Å². The summed E-state index contributed by atoms with van der Waals surface area (Å²) >= 11 is 0. The van der Waals surface area contributed by atoms with E-state index in [1.165, 1.54) is 0 Å². The Morgan fingerprint density at radius 2 is 1.70 bits per heavy atom. The van der Waals surface area contributed by atoms with Gasteiger partial charge in [-0.05, 0) is 32.8 Å². The number of amides is 1. The van der Waals surface area contributed by atoms with Gasteiger partial charge in [0.25, 0.3) is 0 Å². The first-order valence-electron chi connectivity index (χ1n) is 6.81. The van der Waals surface area contributed by atoms with Crippen LogP contribution < -0.4 is 5.32 Å². The summed E-state index contributed by atoms with van der Waals surface area (Å²) in [6.45, 7) is 7.41. The van der Waals surface area contributed by atoms with Crippen LogP contribution in [0, 0.1) is 0 Å². The third-order valence-electron chi connectivity index (χ3n) is 3.76. The Morgan fingerprint density at radius 3 is 2.15 bits per heavy atom. The van der Waals surface area contributed by atoms with Gasteiger partial charge >= 0.3 is 5.97 Å². The predicted octanol–water partition coefficient (Wildman–Crippen LogP) is 2.72. The molecule has 1 unspecified atom stereocenters. The molecule has 1 aromatic rings. The topological polar surface area (TPSA) is 66.4 Å². The lowest BCUT2D eigenvalue weighted by Gasteiger charge is -2.29. The quantitative estimate of drug-likeness (QED) is 0.840. The zero-order valence-electron chi connectivity index (χ0n) is 12.6. The average Bonchev–Trinajstić information content (AvgIpc) is 2.38. The van der Waals surface area contributed by atoms with Crippen molar-refractivity contribution in [3.05, 3.63) is 35.9 Å². The first-order chi connectivity index (χ1) is 9.21. The number of nitrogens with one attached hydrogen (secondary N) is 1. The second-order valence-electron chi connectivity index (χ2n) is 5.97. The SMILES string of the molecule is CCC(C)(C)NC(=O)CC(C)(C(=O)O)c1ccccc1. The number of carboxylic acids is 1. The molecule has 4 heteroatoms. The van der Waals surface area contributed by atoms with E-state index in [4.69, 9.17) is 0 Å². The molecule has 1 aromatic carbocycles. The van der Waals surface area contributed by atoms with Crippen LogP contribution in [-0.2, 0) is 15.0 Å². The van der Waals surface area contributed by atoms with Gasteiger partial charge in [0.05, 0.1) is 5.41 Å². The van der Waals surface area contributed by atoms with Crippen molar-refractivity contribution >= 4 is 11.9 Å². The Bertz CT molecular complexity index is 482. The van der Waals surface area contributed by atoms with Gasteiger partial charge in [0, 0.05) is 12.0 Å². The van der Waals surface area contributed by atoms with E-state index >= 15 is 0 Å². The molecule has 1 atom stereocenters. The largest absolute Gasteiger partial charge is 0.481 e. The van der Waals surface area contributed by atoms with Crippen LogP contribution in [0.3, 0.4) is 0 Å². The number of carbonyl (C=O) groups excluding carboxylic acids is 1. The van der Waals surface area contributed by atoms with Crippen molar-refractivity contribution < 1.29 is 14.7 Å². The van der Waals surface area contributed by atoms with E-state index in [9.17, 15) is 14.7 Å². The van der Waals surface area contributed by atoms with Crippen molar-refractivity contribution in [2.45, 2.75) is 51.5 Å². The molecule has 0 saturated carbocycles. The highest BCUT2D eigenvalue weighted by molar-refractivity contribution is 5.89. The molecular weight excluding hydrogens is 254 g/mol. The van der Waals surface area contributed by atoms with Crippen LogP contribution in [-0.4, -0.2) is 22.5 Å². The molecule has 1 rings (SSSR count). The Balaban J connectivity index is 2.94. The lowest BCUT2D eigenvalue weighted by atomic mass is 9.79. The lowest BCUT2D eigenvalue weighted by molar-refractivity contribution is -0.145. The minimum absolute atomic E-state index is 0.0736. The van der Waals surface area contributed by atoms with Gasteiger partial charge in [0.1, 0.15) is 0 Å². The van der Waals surface area contributed by atoms with Crippen molar-refractivity contribution in [3.63, 3.8) is 0 Å². The summed E-state index contributed by atoms with van der Waals surface area (Å²) in [6, 6.07) is 8.87. The van der Waals surface area contributed by atoms with Crippen LogP contribution in [0.5, 0.6) is 0 Å². The molecule has 2 N–H and O–H groups in total. The number of aliphatic carboxylic acids is 1. The number of carboxylic acid groups (broad SMARTS) is 1. The Kier molecular flexibility index (Phi) is 4.93. The predicted molar refractivity (Wildman–Crippen MR) is 78.6 cm³/mol. The molecule has 0 saturated heterocycles. The number of benzene rings is 1. The van der Waals surface area contributed by atoms with Gasteiger partial charge in [-0.2, -0.15) is 0 Å². The van der Waals surface area contributed by atoms with Crippen LogP contribution in [0.25, 0.3) is 0 Å². The van der Waals surface area contributed by atoms with Crippen LogP contribution in [0.1, 0.15) is 46.1 Å². The van der Waals surface area contributed by atoms with Crippen molar-refractivity contribution in [1.29, 1.82) is 0 Å². The van der Waals surface area contributed by atoms with Gasteiger partial charge in [0.2, 0.25) is 5.91 Å². The summed E-state index contributed by atoms with van der Waals surface area (Å²) in [7, 11) is 0. The van der Waals surface area contributed by atoms with Crippen molar-refractivity contribution in [3.8, 4) is 0 Å². The molecule has 0 bridgehead atoms. The van der Waals surface area contributed by atoms with Gasteiger partial charge in [-0.25, -0.2) is 0 Å². The molecule has 4 nitrogen and oxygen atoms in total. The first-order valence-corrected chi connectivity index (χ1v) is 6.81. The number of hydrogen-bond acceptors (Lipinski definition) is 2. The highest BCUT2D eigenvalue weighted by Crippen LogP contribution is 2.28. The molecule has 1 amide bonds. The van der Waals surface area contributed by atoms with Crippen LogP contribution in [0.4, 0.5) is 0 Å². The van der Waals surface area contributed by atoms with Crippen LogP contribution in [0.15, 0.2) is 30.3 Å². The molecule has 0 aliphatic carbocycles. The number of carbonyl (C=O) groups is 2. The fourth-order valence-corrected chi connectivity index (χ4v) is 1.94. The first kappa shape index (κ1) is 16.2. The molecule has 0 spiro atoms. The van der Waals surface area contributed by atoms with Crippen molar-refractivity contribution in [1.82, 2.24) is 5.32 Å². The summed E-state index contributed by atoms with van der Waals surface area (Å²) in [4.78, 5) is 23.7. The maximum absolute atomic E-state index is 12.1. The molecule has 20 heavy (non-hydrogen) atoms. The van der Waals surface area contributed by atoms with Gasteiger partial charge in [0.15, 0.2) is 0 Å². The van der Waals surface area contributed by atoms with Crippen molar-refractivity contribution in [2.24, 2.45) is 0 Å². The van der Waals surface area contributed by atoms with Crippen LogP contribution in [0.2, 0.25) is 0 Å². The van der Waals surface area contributed by atoms with E-state index in [2.05, 4.69) is 5.32 Å². The molecular formula is C16H23NO3. The molecule has 0 heterocycles. The zero-order chi connectivity index (χ0) is 15.4. The smallest absolute Gasteiger partial charge is 0.314 e. The molecule has 0 aromatic heterocycles. The van der Waals surface area contributed by atoms with Gasteiger partial charge in [-0.1, -0.05) is 37.3 Å². The second kappa shape index (κ2) is 6.07. The summed E-state index contributed by atoms with van der Waals surface area (Å²) in [5.41, 5.74) is -0.903. The summed E-state index contributed by atoms with van der Waals surface area (Å²) in [5, 5.41) is 12.4. The van der Waals surface area contributed by atoms with E-state index in [1.807, 2.05) is 26.8 Å². The molecule has 110 valence electrons. The highest BCUT2D eigenvalue weighted by Gasteiger charge is 2.38. The summed E-state index contributed by atoms with van der Waals surface area (Å²) in [6.07, 6.45) is 0.712. The second-order valence-corrected chi connectivity index (χ2v) is 5.97. The monoisotopic (exact) mass is 277 g/mol. The fraction of sp³-hybridized carbons (Fsp3) is 0.500.